The summed E-state index contributed by atoms with van der Waals surface area (Å²) in [5.41, 5.74) is 0.956. The van der Waals surface area contributed by atoms with E-state index in [9.17, 15) is 4.79 Å². The van der Waals surface area contributed by atoms with Crippen LogP contribution in [0.5, 0.6) is 0 Å². The van der Waals surface area contributed by atoms with Crippen LogP contribution in [0, 0.1) is 0 Å². The quantitative estimate of drug-likeness (QED) is 0.813. The lowest BCUT2D eigenvalue weighted by molar-refractivity contribution is 0.0442. The predicted molar refractivity (Wildman–Crippen MR) is 89.7 cm³/mol. The van der Waals surface area contributed by atoms with Crippen LogP contribution >= 0.6 is 15.9 Å². The highest BCUT2D eigenvalue weighted by atomic mass is 79.9. The fourth-order valence-electron chi connectivity index (χ4n) is 2.79. The fourth-order valence-corrected chi connectivity index (χ4v) is 3.22. The number of piperazine rings is 1. The summed E-state index contributed by atoms with van der Waals surface area (Å²) in [4.78, 5) is 17.2. The van der Waals surface area contributed by atoms with Gasteiger partial charge >= 0.3 is 0 Å². The van der Waals surface area contributed by atoms with E-state index in [1.54, 1.807) is 0 Å². The first-order chi connectivity index (χ1) is 9.70. The van der Waals surface area contributed by atoms with Gasteiger partial charge in [-0.25, -0.2) is 0 Å². The van der Waals surface area contributed by atoms with Gasteiger partial charge in [0.25, 0.3) is 5.91 Å². The molecule has 1 saturated heterocycles. The summed E-state index contributed by atoms with van der Waals surface area (Å²) in [6, 6.07) is 2.21. The Morgan fingerprint density at radius 3 is 2.24 bits per heavy atom. The number of carbonyl (C=O) groups excluding carboxylic acids is 1. The van der Waals surface area contributed by atoms with Crippen LogP contribution in [0.2, 0.25) is 0 Å². The number of halogens is 1. The van der Waals surface area contributed by atoms with E-state index in [1.807, 2.05) is 21.7 Å². The zero-order chi connectivity index (χ0) is 15.8. The first-order valence-corrected chi connectivity index (χ1v) is 8.41. The molecule has 1 aliphatic rings. The standard InChI is InChI=1S/C16H26BrN3O/c1-12(2)20-11-13(17)10-14(20)15(21)18-6-8-19(9-7-18)16(3,4)5/h10-12H,6-9H2,1-5H3. The summed E-state index contributed by atoms with van der Waals surface area (Å²) in [6.45, 7) is 14.4. The van der Waals surface area contributed by atoms with Gasteiger partial charge in [0, 0.05) is 48.4 Å². The smallest absolute Gasteiger partial charge is 0.270 e. The Morgan fingerprint density at radius 1 is 1.19 bits per heavy atom. The third-order valence-electron chi connectivity index (χ3n) is 4.11. The maximum absolute atomic E-state index is 12.8. The topological polar surface area (TPSA) is 28.5 Å². The normalized spacial score (nSPS) is 17.6. The van der Waals surface area contributed by atoms with E-state index in [4.69, 9.17) is 0 Å². The Bertz CT molecular complexity index is 508. The average Bonchev–Trinajstić information content (AvgIpc) is 2.79. The van der Waals surface area contributed by atoms with Gasteiger partial charge in [0.1, 0.15) is 5.69 Å². The Balaban J connectivity index is 2.09. The van der Waals surface area contributed by atoms with Crippen molar-refractivity contribution in [2.45, 2.75) is 46.2 Å². The highest BCUT2D eigenvalue weighted by molar-refractivity contribution is 9.10. The van der Waals surface area contributed by atoms with Crippen molar-refractivity contribution in [3.63, 3.8) is 0 Å². The molecular weight excluding hydrogens is 330 g/mol. The molecule has 1 aromatic rings. The first-order valence-electron chi connectivity index (χ1n) is 7.62. The number of hydrogen-bond donors (Lipinski definition) is 0. The molecule has 0 aromatic carbocycles. The van der Waals surface area contributed by atoms with E-state index in [-0.39, 0.29) is 17.5 Å². The lowest BCUT2D eigenvalue weighted by Crippen LogP contribution is -2.54. The maximum atomic E-state index is 12.8. The lowest BCUT2D eigenvalue weighted by atomic mass is 10.0. The van der Waals surface area contributed by atoms with Crippen LogP contribution < -0.4 is 0 Å². The minimum atomic E-state index is 0.142. The van der Waals surface area contributed by atoms with Gasteiger partial charge in [-0.15, -0.1) is 0 Å². The summed E-state index contributed by atoms with van der Waals surface area (Å²) in [5, 5.41) is 0. The second-order valence-electron chi connectivity index (χ2n) is 6.99. The molecule has 5 heteroatoms. The summed E-state index contributed by atoms with van der Waals surface area (Å²) >= 11 is 3.48. The number of rotatable bonds is 2. The van der Waals surface area contributed by atoms with Gasteiger partial charge in [-0.1, -0.05) is 0 Å². The highest BCUT2D eigenvalue weighted by Crippen LogP contribution is 2.22. The minimum Gasteiger partial charge on any atom is -0.340 e. The number of aromatic nitrogens is 1. The molecular formula is C16H26BrN3O. The Labute approximate surface area is 136 Å². The number of hydrogen-bond acceptors (Lipinski definition) is 2. The minimum absolute atomic E-state index is 0.142. The zero-order valence-corrected chi connectivity index (χ0v) is 15.3. The molecule has 1 aromatic heterocycles. The van der Waals surface area contributed by atoms with Crippen molar-refractivity contribution in [3.05, 3.63) is 22.4 Å². The largest absolute Gasteiger partial charge is 0.340 e. The van der Waals surface area contributed by atoms with Gasteiger partial charge in [0.15, 0.2) is 0 Å². The second kappa shape index (κ2) is 6.13. The molecule has 2 heterocycles. The maximum Gasteiger partial charge on any atom is 0.270 e. The van der Waals surface area contributed by atoms with E-state index < -0.39 is 0 Å². The van der Waals surface area contributed by atoms with Crippen LogP contribution in [-0.2, 0) is 0 Å². The van der Waals surface area contributed by atoms with Gasteiger partial charge in [0.2, 0.25) is 0 Å². The summed E-state index contributed by atoms with van der Waals surface area (Å²) < 4.78 is 3.01. The molecule has 1 amide bonds. The first kappa shape index (κ1) is 16.6. The van der Waals surface area contributed by atoms with Crippen LogP contribution in [-0.4, -0.2) is 52.0 Å². The van der Waals surface area contributed by atoms with Gasteiger partial charge in [-0.05, 0) is 56.6 Å². The van der Waals surface area contributed by atoms with E-state index >= 15 is 0 Å². The van der Waals surface area contributed by atoms with Crippen LogP contribution in [0.1, 0.15) is 51.1 Å². The van der Waals surface area contributed by atoms with E-state index in [1.165, 1.54) is 0 Å². The van der Waals surface area contributed by atoms with Gasteiger partial charge in [-0.3, -0.25) is 9.69 Å². The summed E-state index contributed by atoms with van der Waals surface area (Å²) in [7, 11) is 0. The molecule has 118 valence electrons. The van der Waals surface area contributed by atoms with Crippen LogP contribution in [0.25, 0.3) is 0 Å². The van der Waals surface area contributed by atoms with Gasteiger partial charge < -0.3 is 9.47 Å². The van der Waals surface area contributed by atoms with E-state index in [0.717, 1.165) is 36.3 Å². The molecule has 21 heavy (non-hydrogen) atoms. The summed E-state index contributed by atoms with van der Waals surface area (Å²) in [5.74, 6) is 0.142. The fraction of sp³-hybridized carbons (Fsp3) is 0.688. The molecule has 1 aliphatic heterocycles. The van der Waals surface area contributed by atoms with Crippen molar-refractivity contribution < 1.29 is 4.79 Å². The lowest BCUT2D eigenvalue weighted by Gasteiger charge is -2.42. The van der Waals surface area contributed by atoms with E-state index in [2.05, 4.69) is 55.4 Å². The van der Waals surface area contributed by atoms with Crippen molar-refractivity contribution in [1.82, 2.24) is 14.4 Å². The monoisotopic (exact) mass is 355 g/mol. The van der Waals surface area contributed by atoms with Crippen LogP contribution in [0.3, 0.4) is 0 Å². The molecule has 0 spiro atoms. The van der Waals surface area contributed by atoms with Crippen molar-refractivity contribution in [2.75, 3.05) is 26.2 Å². The number of nitrogens with zero attached hydrogens (tertiary/aromatic N) is 3. The van der Waals surface area contributed by atoms with Gasteiger partial charge in [0.05, 0.1) is 0 Å². The van der Waals surface area contributed by atoms with Crippen LogP contribution in [0.4, 0.5) is 0 Å². The SMILES string of the molecule is CC(C)n1cc(Br)cc1C(=O)N1CCN(C(C)(C)C)CC1. The molecule has 1 fully saturated rings. The molecule has 0 N–H and O–H groups in total. The van der Waals surface area contributed by atoms with Crippen molar-refractivity contribution in [1.29, 1.82) is 0 Å². The third kappa shape index (κ3) is 3.69. The van der Waals surface area contributed by atoms with Crippen molar-refractivity contribution in [2.24, 2.45) is 0 Å². The van der Waals surface area contributed by atoms with E-state index in [0.29, 0.717) is 0 Å². The Kier molecular flexibility index (Phi) is 4.83. The highest BCUT2D eigenvalue weighted by Gasteiger charge is 2.29. The molecule has 0 unspecified atom stereocenters. The summed E-state index contributed by atoms with van der Waals surface area (Å²) in [6.07, 6.45) is 1.99. The van der Waals surface area contributed by atoms with Gasteiger partial charge in [-0.2, -0.15) is 0 Å². The molecule has 0 atom stereocenters. The molecule has 4 nitrogen and oxygen atoms in total. The molecule has 0 saturated carbocycles. The number of amides is 1. The molecule has 2 rings (SSSR count). The predicted octanol–water partition coefficient (Wildman–Crippen LogP) is 3.39. The van der Waals surface area contributed by atoms with Crippen LogP contribution in [0.15, 0.2) is 16.7 Å². The third-order valence-corrected chi connectivity index (χ3v) is 4.54. The number of carbonyl (C=O) groups is 1. The Hall–Kier alpha value is -0.810. The Morgan fingerprint density at radius 2 is 1.76 bits per heavy atom. The average molecular weight is 356 g/mol. The zero-order valence-electron chi connectivity index (χ0n) is 13.7. The molecule has 0 radical (unpaired) electrons. The molecule has 0 bridgehead atoms. The van der Waals surface area contributed by atoms with Crippen molar-refractivity contribution >= 4 is 21.8 Å². The molecule has 0 aliphatic carbocycles. The van der Waals surface area contributed by atoms with Crippen molar-refractivity contribution in [3.8, 4) is 0 Å². The second-order valence-corrected chi connectivity index (χ2v) is 7.91.